The second kappa shape index (κ2) is 8.15. The van der Waals surface area contributed by atoms with Crippen LogP contribution in [-0.4, -0.2) is 33.2 Å². The molecule has 7 nitrogen and oxygen atoms in total. The SMILES string of the molecule is O=C(COC(=O)c1ccc(Cl)cc1F)Nc1cc(Cl)ccc1-n1cncn1. The van der Waals surface area contributed by atoms with Crippen LogP contribution >= 0.6 is 23.2 Å². The molecule has 0 atom stereocenters. The number of ether oxygens (including phenoxy) is 1. The molecule has 1 N–H and O–H groups in total. The van der Waals surface area contributed by atoms with Gasteiger partial charge in [0.15, 0.2) is 6.61 Å². The van der Waals surface area contributed by atoms with E-state index in [9.17, 15) is 14.0 Å². The monoisotopic (exact) mass is 408 g/mol. The van der Waals surface area contributed by atoms with Crippen LogP contribution < -0.4 is 5.32 Å². The smallest absolute Gasteiger partial charge is 0.341 e. The Morgan fingerprint density at radius 3 is 2.59 bits per heavy atom. The average molecular weight is 409 g/mol. The Bertz CT molecular complexity index is 996. The number of aromatic nitrogens is 3. The van der Waals surface area contributed by atoms with Crippen LogP contribution in [0.15, 0.2) is 49.1 Å². The molecule has 0 saturated heterocycles. The van der Waals surface area contributed by atoms with Gasteiger partial charge >= 0.3 is 5.97 Å². The van der Waals surface area contributed by atoms with E-state index in [4.69, 9.17) is 27.9 Å². The van der Waals surface area contributed by atoms with Gasteiger partial charge in [0, 0.05) is 10.0 Å². The van der Waals surface area contributed by atoms with Crippen LogP contribution in [0, 0.1) is 5.82 Å². The molecule has 1 heterocycles. The highest BCUT2D eigenvalue weighted by Crippen LogP contribution is 2.24. The second-order valence-corrected chi connectivity index (χ2v) is 6.12. The highest BCUT2D eigenvalue weighted by atomic mass is 35.5. The first kappa shape index (κ1) is 18.8. The zero-order valence-electron chi connectivity index (χ0n) is 13.5. The van der Waals surface area contributed by atoms with Crippen LogP contribution in [0.3, 0.4) is 0 Å². The first-order valence-electron chi connectivity index (χ1n) is 7.50. The summed E-state index contributed by atoms with van der Waals surface area (Å²) in [5.74, 6) is -2.46. The first-order valence-corrected chi connectivity index (χ1v) is 8.26. The van der Waals surface area contributed by atoms with Gasteiger partial charge in [-0.3, -0.25) is 4.79 Å². The Kier molecular flexibility index (Phi) is 5.68. The molecule has 2 aromatic carbocycles. The molecule has 27 heavy (non-hydrogen) atoms. The van der Waals surface area contributed by atoms with E-state index in [0.717, 1.165) is 6.07 Å². The van der Waals surface area contributed by atoms with E-state index in [1.165, 1.54) is 35.5 Å². The number of amides is 1. The third kappa shape index (κ3) is 4.60. The molecule has 3 rings (SSSR count). The molecule has 0 unspecified atom stereocenters. The summed E-state index contributed by atoms with van der Waals surface area (Å²) in [4.78, 5) is 27.9. The summed E-state index contributed by atoms with van der Waals surface area (Å²) in [6.07, 6.45) is 2.78. The van der Waals surface area contributed by atoms with Gasteiger partial charge in [0.1, 0.15) is 18.5 Å². The summed E-state index contributed by atoms with van der Waals surface area (Å²) in [7, 11) is 0. The molecular weight excluding hydrogens is 398 g/mol. The van der Waals surface area contributed by atoms with Crippen LogP contribution in [0.5, 0.6) is 0 Å². The van der Waals surface area contributed by atoms with Crippen molar-refractivity contribution in [3.05, 3.63) is 70.5 Å². The lowest BCUT2D eigenvalue weighted by Crippen LogP contribution is -2.22. The van der Waals surface area contributed by atoms with Crippen molar-refractivity contribution in [2.24, 2.45) is 0 Å². The number of benzene rings is 2. The van der Waals surface area contributed by atoms with Gasteiger partial charge < -0.3 is 10.1 Å². The minimum absolute atomic E-state index is 0.142. The highest BCUT2D eigenvalue weighted by Gasteiger charge is 2.16. The lowest BCUT2D eigenvalue weighted by atomic mass is 10.2. The fraction of sp³-hybridized carbons (Fsp3) is 0.0588. The Labute approximate surface area is 162 Å². The molecule has 0 aliphatic heterocycles. The molecule has 10 heteroatoms. The number of carbonyl (C=O) groups excluding carboxylic acids is 2. The summed E-state index contributed by atoms with van der Waals surface area (Å²) in [6.45, 7) is -0.621. The Morgan fingerprint density at radius 1 is 1.15 bits per heavy atom. The fourth-order valence-electron chi connectivity index (χ4n) is 2.19. The molecular formula is C17H11Cl2FN4O3. The number of halogens is 3. The minimum atomic E-state index is -0.984. The van der Waals surface area contributed by atoms with Gasteiger partial charge in [-0.05, 0) is 36.4 Å². The lowest BCUT2D eigenvalue weighted by molar-refractivity contribution is -0.119. The first-order chi connectivity index (χ1) is 12.9. The van der Waals surface area contributed by atoms with Crippen molar-refractivity contribution in [3.8, 4) is 5.69 Å². The van der Waals surface area contributed by atoms with Crippen LogP contribution in [0.2, 0.25) is 10.0 Å². The number of carbonyl (C=O) groups is 2. The van der Waals surface area contributed by atoms with Crippen molar-refractivity contribution in [2.45, 2.75) is 0 Å². The van der Waals surface area contributed by atoms with Crippen molar-refractivity contribution in [1.82, 2.24) is 14.8 Å². The van der Waals surface area contributed by atoms with Gasteiger partial charge in [-0.1, -0.05) is 23.2 Å². The Hall–Kier alpha value is -2.97. The zero-order valence-corrected chi connectivity index (χ0v) is 15.0. The average Bonchev–Trinajstić information content (AvgIpc) is 3.14. The highest BCUT2D eigenvalue weighted by molar-refractivity contribution is 6.31. The maximum Gasteiger partial charge on any atom is 0.341 e. The molecule has 0 aliphatic carbocycles. The van der Waals surface area contributed by atoms with E-state index >= 15 is 0 Å². The second-order valence-electron chi connectivity index (χ2n) is 5.25. The van der Waals surface area contributed by atoms with Gasteiger partial charge in [-0.15, -0.1) is 0 Å². The lowest BCUT2D eigenvalue weighted by Gasteiger charge is -2.11. The molecule has 0 radical (unpaired) electrons. The van der Waals surface area contributed by atoms with Crippen LogP contribution in [0.1, 0.15) is 10.4 Å². The third-order valence-electron chi connectivity index (χ3n) is 3.38. The molecule has 138 valence electrons. The molecule has 3 aromatic rings. The van der Waals surface area contributed by atoms with E-state index < -0.39 is 24.3 Å². The largest absolute Gasteiger partial charge is 0.452 e. The standard InChI is InChI=1S/C17H11Cl2FN4O3/c18-10-1-3-12(13(20)5-10)17(26)27-7-16(25)23-14-6-11(19)2-4-15(14)24-9-21-8-22-24/h1-6,8-9H,7H2,(H,23,25). The number of nitrogens with zero attached hydrogens (tertiary/aromatic N) is 3. The summed E-state index contributed by atoms with van der Waals surface area (Å²) in [6, 6.07) is 8.28. The molecule has 0 aliphatic rings. The summed E-state index contributed by atoms with van der Waals surface area (Å²) in [5.41, 5.74) is 0.533. The van der Waals surface area contributed by atoms with Gasteiger partial charge in [0.2, 0.25) is 0 Å². The summed E-state index contributed by atoms with van der Waals surface area (Å²) >= 11 is 11.6. The molecule has 1 aromatic heterocycles. The quantitative estimate of drug-likeness (QED) is 0.652. The fourth-order valence-corrected chi connectivity index (χ4v) is 2.52. The number of rotatable bonds is 5. The van der Waals surface area contributed by atoms with E-state index in [1.54, 1.807) is 12.1 Å². The predicted octanol–water partition coefficient (Wildman–Crippen LogP) is 3.51. The number of esters is 1. The van der Waals surface area contributed by atoms with E-state index in [-0.39, 0.29) is 10.6 Å². The Morgan fingerprint density at radius 2 is 1.89 bits per heavy atom. The third-order valence-corrected chi connectivity index (χ3v) is 3.85. The van der Waals surface area contributed by atoms with E-state index in [2.05, 4.69) is 15.4 Å². The maximum absolute atomic E-state index is 13.7. The van der Waals surface area contributed by atoms with Gasteiger partial charge in [-0.25, -0.2) is 18.9 Å². The van der Waals surface area contributed by atoms with Crippen LogP contribution in [0.25, 0.3) is 5.69 Å². The van der Waals surface area contributed by atoms with Crippen molar-refractivity contribution in [1.29, 1.82) is 0 Å². The molecule has 0 fully saturated rings. The van der Waals surface area contributed by atoms with Crippen molar-refractivity contribution >= 4 is 40.8 Å². The number of anilines is 1. The number of hydrogen-bond donors (Lipinski definition) is 1. The number of nitrogens with one attached hydrogen (secondary N) is 1. The molecule has 0 spiro atoms. The number of hydrogen-bond acceptors (Lipinski definition) is 5. The van der Waals surface area contributed by atoms with Crippen molar-refractivity contribution < 1.29 is 18.7 Å². The predicted molar refractivity (Wildman–Crippen MR) is 96.7 cm³/mol. The van der Waals surface area contributed by atoms with Gasteiger partial charge in [0.05, 0.1) is 16.9 Å². The van der Waals surface area contributed by atoms with Crippen molar-refractivity contribution in [2.75, 3.05) is 11.9 Å². The summed E-state index contributed by atoms with van der Waals surface area (Å²) < 4.78 is 20.0. The molecule has 0 saturated carbocycles. The zero-order chi connectivity index (χ0) is 19.4. The van der Waals surface area contributed by atoms with Crippen molar-refractivity contribution in [3.63, 3.8) is 0 Å². The van der Waals surface area contributed by atoms with Crippen LogP contribution in [0.4, 0.5) is 10.1 Å². The van der Waals surface area contributed by atoms with E-state index in [0.29, 0.717) is 16.4 Å². The topological polar surface area (TPSA) is 86.1 Å². The normalized spacial score (nSPS) is 10.5. The van der Waals surface area contributed by atoms with Gasteiger partial charge in [0.25, 0.3) is 5.91 Å². The maximum atomic E-state index is 13.7. The Balaban J connectivity index is 1.68. The van der Waals surface area contributed by atoms with E-state index in [1.807, 2.05) is 0 Å². The summed E-state index contributed by atoms with van der Waals surface area (Å²) in [5, 5.41) is 7.08. The molecule has 0 bridgehead atoms. The minimum Gasteiger partial charge on any atom is -0.452 e. The van der Waals surface area contributed by atoms with Gasteiger partial charge in [-0.2, -0.15) is 5.10 Å². The molecule has 1 amide bonds. The van der Waals surface area contributed by atoms with Crippen LogP contribution in [-0.2, 0) is 9.53 Å².